The van der Waals surface area contributed by atoms with E-state index >= 15 is 0 Å². The first-order valence-electron chi connectivity index (χ1n) is 3.41. The fourth-order valence-corrected chi connectivity index (χ4v) is 0.775. The Morgan fingerprint density at radius 2 is 2.45 bits per heavy atom. The molecule has 1 atom stereocenters. The van der Waals surface area contributed by atoms with Crippen molar-refractivity contribution >= 4 is 5.91 Å². The summed E-state index contributed by atoms with van der Waals surface area (Å²) < 4.78 is 1.55. The maximum atomic E-state index is 10.7. The third-order valence-electron chi connectivity index (χ3n) is 1.54. The van der Waals surface area contributed by atoms with Crippen LogP contribution in [-0.4, -0.2) is 15.7 Å². The van der Waals surface area contributed by atoms with E-state index in [4.69, 9.17) is 5.73 Å². The van der Waals surface area contributed by atoms with E-state index in [1.54, 1.807) is 24.0 Å². The zero-order valence-electron chi connectivity index (χ0n) is 6.61. The van der Waals surface area contributed by atoms with Crippen molar-refractivity contribution in [1.29, 1.82) is 0 Å². The molecular formula is C7H11N3O. The average Bonchev–Trinajstić information content (AvgIpc) is 2.34. The van der Waals surface area contributed by atoms with Gasteiger partial charge in [0, 0.05) is 6.20 Å². The van der Waals surface area contributed by atoms with Crippen LogP contribution < -0.4 is 5.73 Å². The second-order valence-corrected chi connectivity index (χ2v) is 2.58. The second-order valence-electron chi connectivity index (χ2n) is 2.58. The molecule has 0 spiro atoms. The summed E-state index contributed by atoms with van der Waals surface area (Å²) in [4.78, 5) is 10.7. The third kappa shape index (κ3) is 1.58. The van der Waals surface area contributed by atoms with Crippen LogP contribution in [0.1, 0.15) is 18.5 Å². The van der Waals surface area contributed by atoms with Gasteiger partial charge in [-0.1, -0.05) is 0 Å². The minimum Gasteiger partial charge on any atom is -0.368 e. The number of carbonyl (C=O) groups is 1. The standard InChI is InChI=1S/C7H11N3O/c1-5-3-9-10(4-5)6(2)7(8)11/h3-4,6H,1-2H3,(H2,8,11)/t6-/m0/s1. The first kappa shape index (κ1) is 7.78. The van der Waals surface area contributed by atoms with E-state index in [1.165, 1.54) is 0 Å². The van der Waals surface area contributed by atoms with Crippen molar-refractivity contribution in [3.05, 3.63) is 18.0 Å². The van der Waals surface area contributed by atoms with Gasteiger partial charge in [-0.3, -0.25) is 9.48 Å². The lowest BCUT2D eigenvalue weighted by Gasteiger charge is -2.05. The maximum Gasteiger partial charge on any atom is 0.241 e. The van der Waals surface area contributed by atoms with Crippen molar-refractivity contribution < 1.29 is 4.79 Å². The van der Waals surface area contributed by atoms with E-state index in [0.29, 0.717) is 0 Å². The topological polar surface area (TPSA) is 60.9 Å². The molecule has 0 radical (unpaired) electrons. The van der Waals surface area contributed by atoms with Gasteiger partial charge in [-0.2, -0.15) is 5.10 Å². The van der Waals surface area contributed by atoms with Gasteiger partial charge in [0.1, 0.15) is 6.04 Å². The van der Waals surface area contributed by atoms with Crippen LogP contribution in [0.4, 0.5) is 0 Å². The minimum atomic E-state index is -0.367. The number of hydrogen-bond donors (Lipinski definition) is 1. The summed E-state index contributed by atoms with van der Waals surface area (Å²) in [5.74, 6) is -0.367. The Kier molecular flexibility index (Phi) is 1.94. The highest BCUT2D eigenvalue weighted by Gasteiger charge is 2.10. The van der Waals surface area contributed by atoms with E-state index in [2.05, 4.69) is 5.10 Å². The van der Waals surface area contributed by atoms with Crippen molar-refractivity contribution in [1.82, 2.24) is 9.78 Å². The highest BCUT2D eigenvalue weighted by molar-refractivity contribution is 5.77. The van der Waals surface area contributed by atoms with Gasteiger partial charge in [0.25, 0.3) is 0 Å². The van der Waals surface area contributed by atoms with Gasteiger partial charge < -0.3 is 5.73 Å². The van der Waals surface area contributed by atoms with Crippen LogP contribution in [0.2, 0.25) is 0 Å². The highest BCUT2D eigenvalue weighted by atomic mass is 16.1. The van der Waals surface area contributed by atoms with Gasteiger partial charge >= 0.3 is 0 Å². The molecule has 1 aromatic heterocycles. The number of carbonyl (C=O) groups excluding carboxylic acids is 1. The number of nitrogens with two attached hydrogens (primary N) is 1. The van der Waals surface area contributed by atoms with Gasteiger partial charge in [-0.05, 0) is 19.4 Å². The quantitative estimate of drug-likeness (QED) is 0.661. The van der Waals surface area contributed by atoms with Crippen molar-refractivity contribution in [2.45, 2.75) is 19.9 Å². The van der Waals surface area contributed by atoms with Crippen LogP contribution in [0.15, 0.2) is 12.4 Å². The van der Waals surface area contributed by atoms with E-state index < -0.39 is 0 Å². The molecule has 2 N–H and O–H groups in total. The Balaban J connectivity index is 2.84. The summed E-state index contributed by atoms with van der Waals surface area (Å²) in [6.07, 6.45) is 3.48. The molecule has 0 fully saturated rings. The Labute approximate surface area is 65.0 Å². The van der Waals surface area contributed by atoms with Crippen molar-refractivity contribution in [2.24, 2.45) is 5.73 Å². The zero-order valence-corrected chi connectivity index (χ0v) is 6.61. The lowest BCUT2D eigenvalue weighted by atomic mass is 10.3. The lowest BCUT2D eigenvalue weighted by molar-refractivity contribution is -0.120. The maximum absolute atomic E-state index is 10.7. The molecule has 60 valence electrons. The van der Waals surface area contributed by atoms with Gasteiger partial charge in [-0.15, -0.1) is 0 Å². The van der Waals surface area contributed by atoms with Gasteiger partial charge in [0.05, 0.1) is 6.20 Å². The first-order chi connectivity index (χ1) is 5.11. The van der Waals surface area contributed by atoms with Gasteiger partial charge in [0.15, 0.2) is 0 Å². The molecular weight excluding hydrogens is 142 g/mol. The summed E-state index contributed by atoms with van der Waals surface area (Å²) >= 11 is 0. The molecule has 0 aliphatic heterocycles. The molecule has 0 unspecified atom stereocenters. The number of aromatic nitrogens is 2. The molecule has 1 heterocycles. The fraction of sp³-hybridized carbons (Fsp3) is 0.429. The lowest BCUT2D eigenvalue weighted by Crippen LogP contribution is -2.24. The average molecular weight is 153 g/mol. The molecule has 1 amide bonds. The van der Waals surface area contributed by atoms with Crippen LogP contribution >= 0.6 is 0 Å². The zero-order chi connectivity index (χ0) is 8.43. The Hall–Kier alpha value is -1.32. The van der Waals surface area contributed by atoms with E-state index in [9.17, 15) is 4.79 Å². The molecule has 11 heavy (non-hydrogen) atoms. The SMILES string of the molecule is Cc1cnn([C@@H](C)C(N)=O)c1. The van der Waals surface area contributed by atoms with Crippen molar-refractivity contribution in [3.63, 3.8) is 0 Å². The summed E-state index contributed by atoms with van der Waals surface area (Å²) in [6.45, 7) is 3.63. The van der Waals surface area contributed by atoms with Crippen LogP contribution in [0, 0.1) is 6.92 Å². The molecule has 0 aliphatic rings. The van der Waals surface area contributed by atoms with E-state index in [1.807, 2.05) is 6.92 Å². The van der Waals surface area contributed by atoms with Gasteiger partial charge in [-0.25, -0.2) is 0 Å². The predicted molar refractivity (Wildman–Crippen MR) is 40.9 cm³/mol. The molecule has 0 bridgehead atoms. The number of primary amides is 1. The molecule has 4 heteroatoms. The minimum absolute atomic E-state index is 0.358. The van der Waals surface area contributed by atoms with Crippen LogP contribution in [-0.2, 0) is 4.79 Å². The third-order valence-corrected chi connectivity index (χ3v) is 1.54. The summed E-state index contributed by atoms with van der Waals surface area (Å²) in [5.41, 5.74) is 6.10. The predicted octanol–water partition coefficient (Wildman–Crippen LogP) is 0.238. The van der Waals surface area contributed by atoms with Crippen LogP contribution in [0.5, 0.6) is 0 Å². The summed E-state index contributed by atoms with van der Waals surface area (Å²) in [6, 6.07) is -0.358. The molecule has 0 saturated carbocycles. The fourth-order valence-electron chi connectivity index (χ4n) is 0.775. The Bertz CT molecular complexity index is 266. The number of aryl methyl sites for hydroxylation is 1. The molecule has 0 saturated heterocycles. The van der Waals surface area contributed by atoms with Crippen molar-refractivity contribution in [3.8, 4) is 0 Å². The molecule has 0 aliphatic carbocycles. The van der Waals surface area contributed by atoms with Crippen LogP contribution in [0.3, 0.4) is 0 Å². The molecule has 1 aromatic rings. The second kappa shape index (κ2) is 2.74. The van der Waals surface area contributed by atoms with E-state index in [0.717, 1.165) is 5.56 Å². The summed E-state index contributed by atoms with van der Waals surface area (Å²) in [5, 5.41) is 3.95. The summed E-state index contributed by atoms with van der Waals surface area (Å²) in [7, 11) is 0. The highest BCUT2D eigenvalue weighted by Crippen LogP contribution is 2.03. The number of rotatable bonds is 2. The largest absolute Gasteiger partial charge is 0.368 e. The number of amides is 1. The van der Waals surface area contributed by atoms with Crippen molar-refractivity contribution in [2.75, 3.05) is 0 Å². The molecule has 1 rings (SSSR count). The first-order valence-corrected chi connectivity index (χ1v) is 3.41. The Morgan fingerprint density at radius 1 is 1.82 bits per heavy atom. The number of nitrogens with zero attached hydrogens (tertiary/aromatic N) is 2. The monoisotopic (exact) mass is 153 g/mol. The molecule has 4 nitrogen and oxygen atoms in total. The van der Waals surface area contributed by atoms with E-state index in [-0.39, 0.29) is 11.9 Å². The van der Waals surface area contributed by atoms with Crippen LogP contribution in [0.25, 0.3) is 0 Å². The molecule has 0 aromatic carbocycles. The van der Waals surface area contributed by atoms with Gasteiger partial charge in [0.2, 0.25) is 5.91 Å². The number of hydrogen-bond acceptors (Lipinski definition) is 2. The smallest absolute Gasteiger partial charge is 0.241 e. The Morgan fingerprint density at radius 3 is 2.82 bits per heavy atom. The normalized spacial score (nSPS) is 12.9.